The Morgan fingerprint density at radius 3 is 2.56 bits per heavy atom. The van der Waals surface area contributed by atoms with Crippen LogP contribution in [0.25, 0.3) is 0 Å². The summed E-state index contributed by atoms with van der Waals surface area (Å²) < 4.78 is 0. The molecule has 0 spiro atoms. The Labute approximate surface area is 155 Å². The third-order valence-electron chi connectivity index (χ3n) is 9.56. The van der Waals surface area contributed by atoms with Gasteiger partial charge in [-0.15, -0.1) is 6.58 Å². The minimum Gasteiger partial charge on any atom is -0.290 e. The first kappa shape index (κ1) is 17.8. The van der Waals surface area contributed by atoms with Gasteiger partial charge in [-0.1, -0.05) is 32.8 Å². The molecule has 7 unspecified atom stereocenters. The molecule has 0 heterocycles. The lowest BCUT2D eigenvalue weighted by molar-refractivity contribution is -0.106. The van der Waals surface area contributed by atoms with Gasteiger partial charge in [-0.25, -0.2) is 0 Å². The van der Waals surface area contributed by atoms with Crippen LogP contribution in [0.1, 0.15) is 85.0 Å². The highest BCUT2D eigenvalue weighted by Gasteiger charge is 2.59. The third-order valence-corrected chi connectivity index (χ3v) is 9.56. The number of rotatable bonds is 3. The summed E-state index contributed by atoms with van der Waals surface area (Å²) in [6.45, 7) is 12.3. The summed E-state index contributed by atoms with van der Waals surface area (Å²) in [4.78, 5) is 4.84. The van der Waals surface area contributed by atoms with E-state index in [1.807, 2.05) is 6.08 Å². The fourth-order valence-electron chi connectivity index (χ4n) is 8.30. The van der Waals surface area contributed by atoms with Gasteiger partial charge in [0.2, 0.25) is 0 Å². The summed E-state index contributed by atoms with van der Waals surface area (Å²) in [7, 11) is 0. The van der Waals surface area contributed by atoms with Gasteiger partial charge in [0.15, 0.2) is 0 Å². The first-order chi connectivity index (χ1) is 12.0. The Morgan fingerprint density at radius 1 is 0.960 bits per heavy atom. The summed E-state index contributed by atoms with van der Waals surface area (Å²) in [5, 5.41) is 0. The zero-order chi connectivity index (χ0) is 17.7. The molecule has 25 heavy (non-hydrogen) atoms. The normalized spacial score (nSPS) is 49.9. The van der Waals surface area contributed by atoms with Crippen molar-refractivity contribution in [3.8, 4) is 0 Å². The Balaban J connectivity index is 1.58. The molecule has 4 saturated carbocycles. The van der Waals surface area contributed by atoms with E-state index < -0.39 is 0 Å². The van der Waals surface area contributed by atoms with Gasteiger partial charge in [0, 0.05) is 11.6 Å². The number of hydrogen-bond donors (Lipinski definition) is 0. The molecule has 1 nitrogen and oxygen atoms in total. The topological polar surface area (TPSA) is 12.4 Å². The second-order valence-corrected chi connectivity index (χ2v) is 10.3. The van der Waals surface area contributed by atoms with E-state index >= 15 is 0 Å². The molecule has 0 aromatic rings. The zero-order valence-electron chi connectivity index (χ0n) is 16.9. The molecule has 0 bridgehead atoms. The minimum atomic E-state index is 0.522. The van der Waals surface area contributed by atoms with Crippen molar-refractivity contribution < 1.29 is 0 Å². The summed E-state index contributed by atoms with van der Waals surface area (Å²) in [5.74, 6) is 4.77. The van der Waals surface area contributed by atoms with Crippen molar-refractivity contribution in [1.82, 2.24) is 0 Å². The highest BCUT2D eigenvalue weighted by atomic mass is 14.8. The maximum absolute atomic E-state index is 4.84. The summed E-state index contributed by atoms with van der Waals surface area (Å²) >= 11 is 0. The predicted molar refractivity (Wildman–Crippen MR) is 108 cm³/mol. The molecule has 4 rings (SSSR count). The quantitative estimate of drug-likeness (QED) is 0.401. The first-order valence-electron chi connectivity index (χ1n) is 11.1. The van der Waals surface area contributed by atoms with E-state index in [-0.39, 0.29) is 0 Å². The van der Waals surface area contributed by atoms with Crippen molar-refractivity contribution in [3.63, 3.8) is 0 Å². The van der Waals surface area contributed by atoms with Gasteiger partial charge in [-0.05, 0) is 92.8 Å². The zero-order valence-corrected chi connectivity index (χ0v) is 16.9. The van der Waals surface area contributed by atoms with Crippen LogP contribution in [0, 0.1) is 40.4 Å². The standard InChI is InChI=1S/C24H39N/c1-5-16-25-17(2)20-11-12-21-19-10-9-18-8-6-7-14-23(18,3)22(19)13-15-24(20,21)4/h5,18-22H,1,6-16H2,2-4H3. The van der Waals surface area contributed by atoms with Crippen molar-refractivity contribution in [2.24, 2.45) is 45.4 Å². The van der Waals surface area contributed by atoms with Gasteiger partial charge in [0.05, 0.1) is 6.54 Å². The Bertz CT molecular complexity index is 548. The van der Waals surface area contributed by atoms with Crippen LogP contribution in [0.2, 0.25) is 0 Å². The van der Waals surface area contributed by atoms with Crippen molar-refractivity contribution >= 4 is 5.71 Å². The number of hydrogen-bond acceptors (Lipinski definition) is 1. The van der Waals surface area contributed by atoms with E-state index in [4.69, 9.17) is 4.99 Å². The number of aliphatic imine (C=N–C) groups is 1. The van der Waals surface area contributed by atoms with E-state index in [2.05, 4.69) is 27.4 Å². The molecule has 0 saturated heterocycles. The van der Waals surface area contributed by atoms with Crippen molar-refractivity contribution in [1.29, 1.82) is 0 Å². The van der Waals surface area contributed by atoms with Gasteiger partial charge in [0.25, 0.3) is 0 Å². The molecule has 1 heteroatoms. The largest absolute Gasteiger partial charge is 0.290 e. The molecule has 0 N–H and O–H groups in total. The van der Waals surface area contributed by atoms with E-state index in [0.29, 0.717) is 10.8 Å². The molecular weight excluding hydrogens is 302 g/mol. The highest BCUT2D eigenvalue weighted by molar-refractivity contribution is 5.85. The molecular formula is C24H39N. The van der Waals surface area contributed by atoms with E-state index in [0.717, 1.165) is 36.1 Å². The number of nitrogens with zero attached hydrogens (tertiary/aromatic N) is 1. The molecule has 0 aromatic carbocycles. The molecule has 7 atom stereocenters. The van der Waals surface area contributed by atoms with Crippen LogP contribution in [0.15, 0.2) is 17.6 Å². The van der Waals surface area contributed by atoms with E-state index in [9.17, 15) is 0 Å². The molecule has 4 aliphatic rings. The maximum Gasteiger partial charge on any atom is 0.0567 e. The summed E-state index contributed by atoms with van der Waals surface area (Å²) in [6.07, 6.45) is 16.8. The van der Waals surface area contributed by atoms with Gasteiger partial charge >= 0.3 is 0 Å². The SMILES string of the molecule is C=CCN=C(C)C1CCC2C3CCC4CCCCC4(C)C3CCC12C. The molecule has 0 aromatic heterocycles. The smallest absolute Gasteiger partial charge is 0.0567 e. The Kier molecular flexibility index (Phi) is 4.66. The third kappa shape index (κ3) is 2.67. The second-order valence-electron chi connectivity index (χ2n) is 10.3. The lowest BCUT2D eigenvalue weighted by Crippen LogP contribution is -2.53. The van der Waals surface area contributed by atoms with Crippen molar-refractivity contribution in [3.05, 3.63) is 12.7 Å². The number of fused-ring (bicyclic) bond motifs is 5. The fourth-order valence-corrected chi connectivity index (χ4v) is 8.30. The molecule has 4 fully saturated rings. The van der Waals surface area contributed by atoms with E-state index in [1.165, 1.54) is 69.9 Å². The minimum absolute atomic E-state index is 0.522. The monoisotopic (exact) mass is 341 g/mol. The average Bonchev–Trinajstić information content (AvgIpc) is 2.96. The van der Waals surface area contributed by atoms with Gasteiger partial charge in [0.1, 0.15) is 0 Å². The fraction of sp³-hybridized carbons (Fsp3) is 0.875. The van der Waals surface area contributed by atoms with Crippen molar-refractivity contribution in [2.45, 2.75) is 85.0 Å². The van der Waals surface area contributed by atoms with Crippen LogP contribution in [0.3, 0.4) is 0 Å². The van der Waals surface area contributed by atoms with Crippen LogP contribution < -0.4 is 0 Å². The molecule has 4 aliphatic carbocycles. The van der Waals surface area contributed by atoms with Crippen molar-refractivity contribution in [2.75, 3.05) is 6.54 Å². The molecule has 0 amide bonds. The molecule has 0 aliphatic heterocycles. The van der Waals surface area contributed by atoms with Gasteiger partial charge in [-0.2, -0.15) is 0 Å². The van der Waals surface area contributed by atoms with Gasteiger partial charge < -0.3 is 0 Å². The molecule has 0 radical (unpaired) electrons. The lowest BCUT2D eigenvalue weighted by atomic mass is 9.45. The van der Waals surface area contributed by atoms with E-state index in [1.54, 1.807) is 0 Å². The van der Waals surface area contributed by atoms with Crippen LogP contribution in [0.5, 0.6) is 0 Å². The first-order valence-corrected chi connectivity index (χ1v) is 11.1. The summed E-state index contributed by atoms with van der Waals surface area (Å²) in [5.41, 5.74) is 2.61. The van der Waals surface area contributed by atoms with Crippen LogP contribution in [0.4, 0.5) is 0 Å². The van der Waals surface area contributed by atoms with Crippen LogP contribution >= 0.6 is 0 Å². The lowest BCUT2D eigenvalue weighted by Gasteiger charge is -2.60. The van der Waals surface area contributed by atoms with Crippen LogP contribution in [-0.4, -0.2) is 12.3 Å². The maximum atomic E-state index is 4.84. The Morgan fingerprint density at radius 2 is 1.76 bits per heavy atom. The van der Waals surface area contributed by atoms with Crippen LogP contribution in [-0.2, 0) is 0 Å². The van der Waals surface area contributed by atoms with Gasteiger partial charge in [-0.3, -0.25) is 4.99 Å². The summed E-state index contributed by atoms with van der Waals surface area (Å²) in [6, 6.07) is 0. The highest BCUT2D eigenvalue weighted by Crippen LogP contribution is 2.67. The second kappa shape index (κ2) is 6.54. The average molecular weight is 342 g/mol. The molecule has 140 valence electrons. The predicted octanol–water partition coefficient (Wildman–Crippen LogP) is 6.68. The Hall–Kier alpha value is -0.590.